The van der Waals surface area contributed by atoms with Gasteiger partial charge in [-0.05, 0) is 52.4 Å². The molecule has 7 heteroatoms. The van der Waals surface area contributed by atoms with E-state index in [0.717, 1.165) is 6.61 Å². The van der Waals surface area contributed by atoms with E-state index in [1.54, 1.807) is 12.1 Å². The summed E-state index contributed by atoms with van der Waals surface area (Å²) < 4.78 is 32.5. The Morgan fingerprint density at radius 3 is 2.75 bits per heavy atom. The van der Waals surface area contributed by atoms with Crippen LogP contribution in [0.25, 0.3) is 0 Å². The standard InChI is InChI=1S/C13H18BrNO4S/c14-12-7-11(8-16)3-4-13(12)20(17,18)15-5-6-19-9-10-1-2-10/h3-4,7,10,15-16H,1-2,5-6,8-9H2. The van der Waals surface area contributed by atoms with Crippen LogP contribution in [0.1, 0.15) is 18.4 Å². The van der Waals surface area contributed by atoms with Crippen LogP contribution >= 0.6 is 15.9 Å². The van der Waals surface area contributed by atoms with Gasteiger partial charge in [0.2, 0.25) is 10.0 Å². The van der Waals surface area contributed by atoms with Crippen LogP contribution in [0, 0.1) is 5.92 Å². The summed E-state index contributed by atoms with van der Waals surface area (Å²) in [4.78, 5) is 0.164. The molecule has 5 nitrogen and oxygen atoms in total. The van der Waals surface area contributed by atoms with Crippen molar-refractivity contribution in [3.8, 4) is 0 Å². The molecular formula is C13H18BrNO4S. The third-order valence-electron chi connectivity index (χ3n) is 3.06. The SMILES string of the molecule is O=S(=O)(NCCOCC1CC1)c1ccc(CO)cc1Br. The number of sulfonamides is 1. The van der Waals surface area contributed by atoms with Crippen molar-refractivity contribution in [2.24, 2.45) is 5.92 Å². The molecule has 0 heterocycles. The van der Waals surface area contributed by atoms with E-state index in [1.807, 2.05) is 0 Å². The highest BCUT2D eigenvalue weighted by molar-refractivity contribution is 9.10. The maximum absolute atomic E-state index is 12.1. The van der Waals surface area contributed by atoms with E-state index in [0.29, 0.717) is 22.6 Å². The first-order valence-electron chi connectivity index (χ1n) is 6.49. The van der Waals surface area contributed by atoms with Gasteiger partial charge in [-0.3, -0.25) is 0 Å². The molecule has 0 aromatic heterocycles. The van der Waals surface area contributed by atoms with Crippen LogP contribution in [-0.2, 0) is 21.4 Å². The summed E-state index contributed by atoms with van der Waals surface area (Å²) in [6.07, 6.45) is 2.44. The molecule has 20 heavy (non-hydrogen) atoms. The van der Waals surface area contributed by atoms with Crippen LogP contribution in [0.3, 0.4) is 0 Å². The van der Waals surface area contributed by atoms with Gasteiger partial charge in [0.1, 0.15) is 0 Å². The van der Waals surface area contributed by atoms with E-state index >= 15 is 0 Å². The second kappa shape index (κ2) is 7.00. The Hall–Kier alpha value is -0.470. The van der Waals surface area contributed by atoms with Crippen LogP contribution in [0.2, 0.25) is 0 Å². The molecule has 1 aromatic rings. The third-order valence-corrected chi connectivity index (χ3v) is 5.50. The molecule has 1 fully saturated rings. The van der Waals surface area contributed by atoms with Crippen LogP contribution in [0.5, 0.6) is 0 Å². The Kier molecular flexibility index (Phi) is 5.57. The Balaban J connectivity index is 1.88. The Labute approximate surface area is 127 Å². The van der Waals surface area contributed by atoms with E-state index in [2.05, 4.69) is 20.7 Å². The lowest BCUT2D eigenvalue weighted by molar-refractivity contribution is 0.129. The van der Waals surface area contributed by atoms with Gasteiger partial charge in [-0.2, -0.15) is 0 Å². The molecule has 0 unspecified atom stereocenters. The Morgan fingerprint density at radius 2 is 2.15 bits per heavy atom. The van der Waals surface area contributed by atoms with Crippen molar-refractivity contribution in [2.45, 2.75) is 24.3 Å². The maximum atomic E-state index is 12.1. The minimum atomic E-state index is -3.56. The highest BCUT2D eigenvalue weighted by Crippen LogP contribution is 2.28. The van der Waals surface area contributed by atoms with Gasteiger partial charge >= 0.3 is 0 Å². The van der Waals surface area contributed by atoms with Gasteiger partial charge < -0.3 is 9.84 Å². The predicted molar refractivity (Wildman–Crippen MR) is 78.8 cm³/mol. The summed E-state index contributed by atoms with van der Waals surface area (Å²) in [5, 5.41) is 9.00. The second-order valence-electron chi connectivity index (χ2n) is 4.84. The zero-order chi connectivity index (χ0) is 14.6. The lowest BCUT2D eigenvalue weighted by atomic mass is 10.2. The predicted octanol–water partition coefficient (Wildman–Crippen LogP) is 1.65. The molecule has 0 bridgehead atoms. The number of hydrogen-bond acceptors (Lipinski definition) is 4. The molecule has 1 aliphatic rings. The first-order valence-corrected chi connectivity index (χ1v) is 8.77. The van der Waals surface area contributed by atoms with E-state index in [-0.39, 0.29) is 18.0 Å². The number of nitrogens with one attached hydrogen (secondary N) is 1. The summed E-state index contributed by atoms with van der Waals surface area (Å²) >= 11 is 3.21. The fraction of sp³-hybridized carbons (Fsp3) is 0.538. The monoisotopic (exact) mass is 363 g/mol. The number of hydrogen-bond donors (Lipinski definition) is 2. The molecule has 2 N–H and O–H groups in total. The highest BCUT2D eigenvalue weighted by Gasteiger charge is 2.21. The number of aliphatic hydroxyl groups is 1. The molecular weight excluding hydrogens is 346 g/mol. The van der Waals surface area contributed by atoms with Gasteiger partial charge in [0.15, 0.2) is 0 Å². The fourth-order valence-corrected chi connectivity index (χ4v) is 3.86. The quantitative estimate of drug-likeness (QED) is 0.688. The molecule has 2 rings (SSSR count). The lowest BCUT2D eigenvalue weighted by Crippen LogP contribution is -2.28. The van der Waals surface area contributed by atoms with E-state index in [4.69, 9.17) is 9.84 Å². The van der Waals surface area contributed by atoms with Gasteiger partial charge in [-0.1, -0.05) is 6.07 Å². The third kappa shape index (κ3) is 4.53. The van der Waals surface area contributed by atoms with Crippen molar-refractivity contribution >= 4 is 26.0 Å². The van der Waals surface area contributed by atoms with E-state index in [1.165, 1.54) is 18.9 Å². The molecule has 0 aliphatic heterocycles. The molecule has 0 spiro atoms. The normalized spacial score (nSPS) is 15.5. The maximum Gasteiger partial charge on any atom is 0.241 e. The average molecular weight is 364 g/mol. The fourth-order valence-electron chi connectivity index (χ4n) is 1.72. The molecule has 1 saturated carbocycles. The van der Waals surface area contributed by atoms with Gasteiger partial charge in [0, 0.05) is 17.6 Å². The van der Waals surface area contributed by atoms with Gasteiger partial charge in [0.05, 0.1) is 18.1 Å². The van der Waals surface area contributed by atoms with E-state index < -0.39 is 10.0 Å². The van der Waals surface area contributed by atoms with Crippen molar-refractivity contribution in [1.82, 2.24) is 4.72 Å². The molecule has 0 radical (unpaired) electrons. The van der Waals surface area contributed by atoms with Crippen molar-refractivity contribution in [3.63, 3.8) is 0 Å². The molecule has 0 amide bonds. The molecule has 112 valence electrons. The zero-order valence-corrected chi connectivity index (χ0v) is 13.4. The first-order chi connectivity index (χ1) is 9.53. The number of aliphatic hydroxyl groups excluding tert-OH is 1. The zero-order valence-electron chi connectivity index (χ0n) is 11.0. The molecule has 0 atom stereocenters. The van der Waals surface area contributed by atoms with Gasteiger partial charge in [-0.15, -0.1) is 0 Å². The molecule has 0 saturated heterocycles. The number of ether oxygens (including phenoxy) is 1. The number of rotatable bonds is 8. The summed E-state index contributed by atoms with van der Waals surface area (Å²) in [6.45, 7) is 1.23. The van der Waals surface area contributed by atoms with Crippen molar-refractivity contribution < 1.29 is 18.3 Å². The van der Waals surface area contributed by atoms with Gasteiger partial charge in [-0.25, -0.2) is 13.1 Å². The molecule has 1 aromatic carbocycles. The lowest BCUT2D eigenvalue weighted by Gasteiger charge is -2.09. The van der Waals surface area contributed by atoms with Crippen LogP contribution < -0.4 is 4.72 Å². The second-order valence-corrected chi connectivity index (χ2v) is 7.43. The molecule has 1 aliphatic carbocycles. The van der Waals surface area contributed by atoms with Crippen molar-refractivity contribution in [1.29, 1.82) is 0 Å². The summed E-state index contributed by atoms with van der Waals surface area (Å²) in [5.74, 6) is 0.673. The Morgan fingerprint density at radius 1 is 1.40 bits per heavy atom. The first kappa shape index (κ1) is 15.9. The highest BCUT2D eigenvalue weighted by atomic mass is 79.9. The van der Waals surface area contributed by atoms with Crippen LogP contribution in [0.4, 0.5) is 0 Å². The van der Waals surface area contributed by atoms with Crippen molar-refractivity contribution in [3.05, 3.63) is 28.2 Å². The smallest absolute Gasteiger partial charge is 0.241 e. The number of halogens is 1. The van der Waals surface area contributed by atoms with Crippen LogP contribution in [0.15, 0.2) is 27.6 Å². The minimum Gasteiger partial charge on any atom is -0.392 e. The largest absolute Gasteiger partial charge is 0.392 e. The summed E-state index contributed by atoms with van der Waals surface area (Å²) in [6, 6.07) is 4.66. The van der Waals surface area contributed by atoms with Crippen LogP contribution in [-0.4, -0.2) is 33.3 Å². The summed E-state index contributed by atoms with van der Waals surface area (Å²) in [5.41, 5.74) is 0.656. The number of benzene rings is 1. The van der Waals surface area contributed by atoms with Gasteiger partial charge in [0.25, 0.3) is 0 Å². The van der Waals surface area contributed by atoms with E-state index in [9.17, 15) is 8.42 Å². The summed E-state index contributed by atoms with van der Waals surface area (Å²) in [7, 11) is -3.56. The Bertz CT molecular complexity index is 557. The minimum absolute atomic E-state index is 0.124. The van der Waals surface area contributed by atoms with Crippen molar-refractivity contribution in [2.75, 3.05) is 19.8 Å². The average Bonchev–Trinajstić information content (AvgIpc) is 3.21. The topological polar surface area (TPSA) is 75.6 Å².